The third-order valence-electron chi connectivity index (χ3n) is 10.8. The van der Waals surface area contributed by atoms with Gasteiger partial charge in [-0.1, -0.05) is 23.7 Å². The number of amides is 1. The van der Waals surface area contributed by atoms with E-state index in [0.29, 0.717) is 47.3 Å². The number of aromatic amines is 1. The number of halogens is 5. The molecule has 6 aromatic rings. The van der Waals surface area contributed by atoms with E-state index in [4.69, 9.17) is 30.8 Å². The zero-order chi connectivity index (χ0) is 38.1. The molecule has 0 spiro atoms. The van der Waals surface area contributed by atoms with Crippen molar-refractivity contribution in [2.45, 2.75) is 63.3 Å². The molecule has 0 bridgehead atoms. The van der Waals surface area contributed by atoms with E-state index in [1.165, 1.54) is 24.3 Å². The number of likely N-dealkylation sites (tertiary alicyclic amines) is 1. The van der Waals surface area contributed by atoms with Gasteiger partial charge in [-0.15, -0.1) is 0 Å². The number of aromatic nitrogens is 4. The lowest BCUT2D eigenvalue weighted by Crippen LogP contribution is -2.35. The molecule has 2 N–H and O–H groups in total. The second kappa shape index (κ2) is 13.5. The highest BCUT2D eigenvalue weighted by Gasteiger charge is 2.43. The van der Waals surface area contributed by atoms with Crippen LogP contribution in [0, 0.1) is 5.82 Å². The Morgan fingerprint density at radius 2 is 1.84 bits per heavy atom. The summed E-state index contributed by atoms with van der Waals surface area (Å²) in [6, 6.07) is 19.7. The molecule has 9 rings (SSSR count). The van der Waals surface area contributed by atoms with Crippen molar-refractivity contribution in [3.8, 4) is 11.5 Å². The first-order valence-corrected chi connectivity index (χ1v) is 18.5. The van der Waals surface area contributed by atoms with Crippen molar-refractivity contribution < 1.29 is 36.6 Å². The third kappa shape index (κ3) is 6.65. The highest BCUT2D eigenvalue weighted by atomic mass is 35.5. The lowest BCUT2D eigenvalue weighted by Gasteiger charge is -2.33. The van der Waals surface area contributed by atoms with Crippen LogP contribution in [-0.2, 0) is 29.8 Å². The van der Waals surface area contributed by atoms with E-state index >= 15 is 0 Å². The van der Waals surface area contributed by atoms with Crippen molar-refractivity contribution in [1.82, 2.24) is 24.6 Å². The first kappa shape index (κ1) is 35.5. The second-order valence-electron chi connectivity index (χ2n) is 14.4. The van der Waals surface area contributed by atoms with Gasteiger partial charge in [-0.3, -0.25) is 14.8 Å². The van der Waals surface area contributed by atoms with Gasteiger partial charge in [0.05, 0.1) is 41.3 Å². The smallest absolute Gasteiger partial charge is 0.433 e. The van der Waals surface area contributed by atoms with Crippen LogP contribution >= 0.6 is 11.6 Å². The van der Waals surface area contributed by atoms with Crippen molar-refractivity contribution in [2.75, 3.05) is 25.0 Å². The molecule has 0 aliphatic carbocycles. The molecule has 10 nitrogen and oxygen atoms in total. The van der Waals surface area contributed by atoms with Gasteiger partial charge in [0.15, 0.2) is 11.5 Å². The molecule has 3 aliphatic rings. The number of imidazole rings is 1. The number of carbonyl (C=O) groups excluding carboxylic acids is 1. The molecule has 2 aromatic heterocycles. The van der Waals surface area contributed by atoms with E-state index in [9.17, 15) is 22.4 Å². The Morgan fingerprint density at radius 1 is 1.02 bits per heavy atom. The number of benzene rings is 4. The van der Waals surface area contributed by atoms with E-state index in [2.05, 4.69) is 19.9 Å². The molecule has 284 valence electrons. The van der Waals surface area contributed by atoms with Gasteiger partial charge >= 0.3 is 6.18 Å². The van der Waals surface area contributed by atoms with Crippen LogP contribution in [0.2, 0.25) is 5.02 Å². The number of anilines is 1. The van der Waals surface area contributed by atoms with Crippen LogP contribution in [0.4, 0.5) is 23.2 Å². The average molecular weight is 775 g/mol. The molecular formula is C40H35ClF4N6O4. The number of fused-ring (bicyclic) bond motifs is 3. The number of piperidine rings is 1. The monoisotopic (exact) mass is 774 g/mol. The summed E-state index contributed by atoms with van der Waals surface area (Å²) in [7, 11) is 0. The number of hydrogen-bond acceptors (Lipinski definition) is 7. The van der Waals surface area contributed by atoms with Crippen LogP contribution in [0.1, 0.15) is 65.1 Å². The molecule has 15 heteroatoms. The number of ether oxygens (including phenoxy) is 3. The number of H-pyrrole nitrogens is 1. The molecule has 2 fully saturated rings. The van der Waals surface area contributed by atoms with Crippen LogP contribution in [-0.4, -0.2) is 56.4 Å². The minimum absolute atomic E-state index is 0.0683. The Hall–Kier alpha value is -5.18. The highest BCUT2D eigenvalue weighted by Crippen LogP contribution is 2.50. The molecular weight excluding hydrogens is 740 g/mol. The maximum absolute atomic E-state index is 14.9. The molecule has 1 amide bonds. The molecule has 0 radical (unpaired) electrons. The van der Waals surface area contributed by atoms with Crippen LogP contribution in [0.25, 0.3) is 21.9 Å². The predicted octanol–water partition coefficient (Wildman–Crippen LogP) is 8.79. The average Bonchev–Trinajstić information content (AvgIpc) is 3.82. The number of para-hydroxylation sites is 1. The first-order chi connectivity index (χ1) is 26.4. The number of alkyl halides is 3. The maximum atomic E-state index is 14.9. The summed E-state index contributed by atoms with van der Waals surface area (Å²) in [6.45, 7) is 5.23. The molecule has 2 saturated heterocycles. The molecule has 3 aliphatic heterocycles. The Morgan fingerprint density at radius 3 is 2.58 bits per heavy atom. The van der Waals surface area contributed by atoms with Crippen molar-refractivity contribution in [1.29, 1.82) is 0 Å². The Labute approximate surface area is 317 Å². The van der Waals surface area contributed by atoms with Crippen LogP contribution in [0.3, 0.4) is 0 Å². The molecule has 55 heavy (non-hydrogen) atoms. The van der Waals surface area contributed by atoms with Crippen LogP contribution in [0.5, 0.6) is 11.5 Å². The van der Waals surface area contributed by atoms with Crippen molar-refractivity contribution in [2.24, 2.45) is 0 Å². The van der Waals surface area contributed by atoms with Gasteiger partial charge in [0.2, 0.25) is 0 Å². The van der Waals surface area contributed by atoms with Crippen LogP contribution in [0.15, 0.2) is 72.8 Å². The molecule has 5 heterocycles. The number of nitrogens with zero attached hydrogens (tertiary/aromatic N) is 4. The van der Waals surface area contributed by atoms with E-state index < -0.39 is 29.4 Å². The third-order valence-corrected chi connectivity index (χ3v) is 11.0. The molecule has 0 saturated carbocycles. The summed E-state index contributed by atoms with van der Waals surface area (Å²) in [4.78, 5) is 20.7. The fraction of sp³-hybridized carbons (Fsp3) is 0.325. The van der Waals surface area contributed by atoms with E-state index in [-0.39, 0.29) is 34.2 Å². The topological polar surface area (TPSA) is 107 Å². The lowest BCUT2D eigenvalue weighted by molar-refractivity contribution is -0.139. The number of hydrogen-bond donors (Lipinski definition) is 2. The minimum atomic E-state index is -4.61. The fourth-order valence-electron chi connectivity index (χ4n) is 7.82. The lowest BCUT2D eigenvalue weighted by atomic mass is 9.88. The van der Waals surface area contributed by atoms with Crippen LogP contribution < -0.4 is 14.8 Å². The van der Waals surface area contributed by atoms with Gasteiger partial charge in [0.25, 0.3) is 11.7 Å². The molecule has 2 unspecified atom stereocenters. The fourth-order valence-corrected chi connectivity index (χ4v) is 7.98. The van der Waals surface area contributed by atoms with E-state index in [1.54, 1.807) is 31.2 Å². The molecule has 2 atom stereocenters. The summed E-state index contributed by atoms with van der Waals surface area (Å²) < 4.78 is 75.9. The first-order valence-electron chi connectivity index (χ1n) is 18.1. The summed E-state index contributed by atoms with van der Waals surface area (Å²) >= 11 is 6.00. The largest absolute Gasteiger partial charge is 0.444 e. The Bertz CT molecular complexity index is 2460. The van der Waals surface area contributed by atoms with E-state index in [1.807, 2.05) is 29.4 Å². The van der Waals surface area contributed by atoms with Crippen molar-refractivity contribution in [3.05, 3.63) is 112 Å². The number of carbonyl (C=O) groups is 1. The normalized spacial score (nSPS) is 20.3. The van der Waals surface area contributed by atoms with Gasteiger partial charge in [-0.05, 0) is 98.9 Å². The summed E-state index contributed by atoms with van der Waals surface area (Å²) in [6.07, 6.45) is -1.89. The van der Waals surface area contributed by atoms with Gasteiger partial charge in [0.1, 0.15) is 17.3 Å². The highest BCUT2D eigenvalue weighted by molar-refractivity contribution is 6.30. The zero-order valence-electron chi connectivity index (χ0n) is 29.6. The summed E-state index contributed by atoms with van der Waals surface area (Å²) in [5, 5.41) is 8.65. The van der Waals surface area contributed by atoms with E-state index in [0.717, 1.165) is 49.3 Å². The predicted molar refractivity (Wildman–Crippen MR) is 197 cm³/mol. The number of rotatable bonds is 8. The minimum Gasteiger partial charge on any atom is -0.444 e. The van der Waals surface area contributed by atoms with Crippen molar-refractivity contribution in [3.63, 3.8) is 0 Å². The second-order valence-corrected chi connectivity index (χ2v) is 14.8. The summed E-state index contributed by atoms with van der Waals surface area (Å²) in [5.74, 6) is -0.0399. The van der Waals surface area contributed by atoms with Crippen molar-refractivity contribution >= 4 is 45.1 Å². The van der Waals surface area contributed by atoms with Gasteiger partial charge in [0, 0.05) is 40.8 Å². The van der Waals surface area contributed by atoms with Gasteiger partial charge < -0.3 is 24.1 Å². The number of nitrogens with one attached hydrogen (secondary N) is 2. The Kier molecular flexibility index (Phi) is 8.74. The summed E-state index contributed by atoms with van der Waals surface area (Å²) in [5.41, 5.74) is 2.51. The zero-order valence-corrected chi connectivity index (χ0v) is 30.3. The van der Waals surface area contributed by atoms with Gasteiger partial charge in [-0.2, -0.15) is 18.3 Å². The Balaban J connectivity index is 0.910. The van der Waals surface area contributed by atoms with Gasteiger partial charge in [-0.25, -0.2) is 9.37 Å². The quantitative estimate of drug-likeness (QED) is 0.149. The SMILES string of the molecule is CC1(c2ccc(Cl)cc2F)Oc2cccc(C3CCN(Cc4nc5cc(C(=O)Nc6ccc7n[nH]c(C(F)(F)F)c7c6)ccc5n4CC4CCO4)CC3)c2O1. The maximum Gasteiger partial charge on any atom is 0.433 e. The molecule has 4 aromatic carbocycles. The standard InChI is InChI=1S/C40H35ClF4N6O4/c1-39(29-8-6-24(41)18-30(29)42)54-34-4-2-3-27(36(34)55-39)22-11-14-50(15-12-22)21-35-47-32-17-23(5-10-33(32)51(35)20-26-13-16-53-26)38(52)46-25-7-9-31-28(19-25)37(49-48-31)40(43,44)45/h2-10,17-19,22,26H,11-16,20-21H2,1H3,(H,46,52)(H,48,49).